The van der Waals surface area contributed by atoms with E-state index in [1.807, 2.05) is 11.3 Å². The molecule has 0 aliphatic heterocycles. The van der Waals surface area contributed by atoms with Crippen molar-refractivity contribution in [3.8, 4) is 0 Å². The van der Waals surface area contributed by atoms with Gasteiger partial charge in [0.15, 0.2) is 0 Å². The van der Waals surface area contributed by atoms with E-state index in [4.69, 9.17) is 0 Å². The third-order valence-electron chi connectivity index (χ3n) is 5.15. The minimum absolute atomic E-state index is 0.866. The highest BCUT2D eigenvalue weighted by Gasteiger charge is 2.31. The molecule has 0 spiro atoms. The molecule has 0 radical (unpaired) electrons. The Hall–Kier alpha value is -0.340. The molecule has 0 amide bonds. The Morgan fingerprint density at radius 1 is 1.21 bits per heavy atom. The molecule has 2 saturated carbocycles. The average molecular weight is 277 g/mol. The van der Waals surface area contributed by atoms with Crippen LogP contribution in [0.1, 0.15) is 51.0 Å². The molecule has 106 valence electrons. The molecule has 1 aromatic heterocycles. The Bertz CT molecular complexity index is 369. The summed E-state index contributed by atoms with van der Waals surface area (Å²) in [6.45, 7) is 3.64. The SMILES string of the molecule is CCC1CCC(CNC2CC2)C(Cc2ccsc2)C1. The number of thiophene rings is 1. The molecule has 0 bridgehead atoms. The molecule has 1 aromatic rings. The lowest BCUT2D eigenvalue weighted by atomic mass is 9.71. The third kappa shape index (κ3) is 3.82. The highest BCUT2D eigenvalue weighted by molar-refractivity contribution is 7.07. The van der Waals surface area contributed by atoms with Crippen molar-refractivity contribution in [1.29, 1.82) is 0 Å². The maximum Gasteiger partial charge on any atom is 0.00683 e. The smallest absolute Gasteiger partial charge is 0.00683 e. The lowest BCUT2D eigenvalue weighted by Gasteiger charge is -2.36. The van der Waals surface area contributed by atoms with Crippen LogP contribution in [0.2, 0.25) is 0 Å². The van der Waals surface area contributed by atoms with Crippen molar-refractivity contribution in [3.05, 3.63) is 22.4 Å². The van der Waals surface area contributed by atoms with Gasteiger partial charge in [-0.1, -0.05) is 19.8 Å². The number of nitrogens with one attached hydrogen (secondary N) is 1. The van der Waals surface area contributed by atoms with Gasteiger partial charge in [0.05, 0.1) is 0 Å². The second-order valence-electron chi connectivity index (χ2n) is 6.63. The van der Waals surface area contributed by atoms with Crippen LogP contribution in [-0.4, -0.2) is 12.6 Å². The molecule has 2 heteroatoms. The van der Waals surface area contributed by atoms with Gasteiger partial charge in [0.1, 0.15) is 0 Å². The summed E-state index contributed by atoms with van der Waals surface area (Å²) in [5.41, 5.74) is 1.57. The van der Waals surface area contributed by atoms with Crippen molar-refractivity contribution in [3.63, 3.8) is 0 Å². The molecule has 1 heterocycles. The zero-order valence-corrected chi connectivity index (χ0v) is 12.9. The van der Waals surface area contributed by atoms with Crippen molar-refractivity contribution in [2.24, 2.45) is 17.8 Å². The van der Waals surface area contributed by atoms with Gasteiger partial charge in [-0.15, -0.1) is 0 Å². The van der Waals surface area contributed by atoms with E-state index in [9.17, 15) is 0 Å². The highest BCUT2D eigenvalue weighted by Crippen LogP contribution is 2.37. The Morgan fingerprint density at radius 3 is 2.79 bits per heavy atom. The first-order chi connectivity index (χ1) is 9.35. The van der Waals surface area contributed by atoms with E-state index >= 15 is 0 Å². The molecule has 0 aromatic carbocycles. The summed E-state index contributed by atoms with van der Waals surface area (Å²) in [7, 11) is 0. The first-order valence-electron chi connectivity index (χ1n) is 8.09. The molecule has 2 aliphatic carbocycles. The van der Waals surface area contributed by atoms with E-state index in [2.05, 4.69) is 29.1 Å². The predicted octanol–water partition coefficient (Wildman–Crippen LogP) is 4.49. The Kier molecular flexibility index (Phi) is 4.60. The standard InChI is InChI=1S/C17H27NS/c1-2-13-3-4-15(11-18-17-5-6-17)16(9-13)10-14-7-8-19-12-14/h7-8,12-13,15-18H,2-6,9-11H2,1H3. The molecule has 1 N–H and O–H groups in total. The molecule has 2 fully saturated rings. The van der Waals surface area contributed by atoms with Crippen molar-refractivity contribution in [1.82, 2.24) is 5.32 Å². The van der Waals surface area contributed by atoms with Gasteiger partial charge in [0.25, 0.3) is 0 Å². The van der Waals surface area contributed by atoms with Crippen LogP contribution in [-0.2, 0) is 6.42 Å². The van der Waals surface area contributed by atoms with Gasteiger partial charge in [-0.05, 0) is 78.8 Å². The molecule has 1 nitrogen and oxygen atoms in total. The van der Waals surface area contributed by atoms with E-state index in [-0.39, 0.29) is 0 Å². The summed E-state index contributed by atoms with van der Waals surface area (Å²) in [4.78, 5) is 0. The first-order valence-corrected chi connectivity index (χ1v) is 9.04. The van der Waals surface area contributed by atoms with Crippen LogP contribution in [0.25, 0.3) is 0 Å². The Labute approximate surface area is 121 Å². The second-order valence-corrected chi connectivity index (χ2v) is 7.41. The molecule has 2 aliphatic rings. The van der Waals surface area contributed by atoms with Gasteiger partial charge < -0.3 is 5.32 Å². The number of hydrogen-bond donors (Lipinski definition) is 1. The van der Waals surface area contributed by atoms with Crippen LogP contribution >= 0.6 is 11.3 Å². The van der Waals surface area contributed by atoms with Gasteiger partial charge >= 0.3 is 0 Å². The largest absolute Gasteiger partial charge is 0.314 e. The van der Waals surface area contributed by atoms with E-state index in [0.717, 1.165) is 23.8 Å². The minimum atomic E-state index is 0.866. The van der Waals surface area contributed by atoms with Crippen molar-refractivity contribution < 1.29 is 0 Å². The summed E-state index contributed by atoms with van der Waals surface area (Å²) < 4.78 is 0. The summed E-state index contributed by atoms with van der Waals surface area (Å²) in [5.74, 6) is 2.82. The van der Waals surface area contributed by atoms with Crippen LogP contribution in [0, 0.1) is 17.8 Å². The number of rotatable bonds is 6. The molecule has 3 rings (SSSR count). The summed E-state index contributed by atoms with van der Waals surface area (Å²) >= 11 is 1.85. The van der Waals surface area contributed by atoms with E-state index < -0.39 is 0 Å². The fraction of sp³-hybridized carbons (Fsp3) is 0.765. The Morgan fingerprint density at radius 2 is 2.11 bits per heavy atom. The van der Waals surface area contributed by atoms with Gasteiger partial charge in [0, 0.05) is 6.04 Å². The van der Waals surface area contributed by atoms with Crippen molar-refractivity contribution in [2.75, 3.05) is 6.54 Å². The molecule has 3 atom stereocenters. The molecular formula is C17H27NS. The van der Waals surface area contributed by atoms with Gasteiger partial charge in [0.2, 0.25) is 0 Å². The minimum Gasteiger partial charge on any atom is -0.314 e. The maximum atomic E-state index is 3.77. The Balaban J connectivity index is 1.58. The van der Waals surface area contributed by atoms with Gasteiger partial charge in [-0.25, -0.2) is 0 Å². The van der Waals surface area contributed by atoms with E-state index in [1.54, 1.807) is 5.56 Å². The predicted molar refractivity (Wildman–Crippen MR) is 83.7 cm³/mol. The van der Waals surface area contributed by atoms with Crippen LogP contribution in [0.15, 0.2) is 16.8 Å². The molecular weight excluding hydrogens is 250 g/mol. The van der Waals surface area contributed by atoms with Gasteiger partial charge in [-0.3, -0.25) is 0 Å². The highest BCUT2D eigenvalue weighted by atomic mass is 32.1. The summed E-state index contributed by atoms with van der Waals surface area (Å²) in [6, 6.07) is 3.19. The monoisotopic (exact) mass is 277 g/mol. The number of hydrogen-bond acceptors (Lipinski definition) is 2. The molecule has 0 saturated heterocycles. The normalized spacial score (nSPS) is 31.5. The lowest BCUT2D eigenvalue weighted by Crippen LogP contribution is -2.35. The van der Waals surface area contributed by atoms with Crippen molar-refractivity contribution >= 4 is 11.3 Å². The zero-order valence-electron chi connectivity index (χ0n) is 12.1. The maximum absolute atomic E-state index is 3.77. The van der Waals surface area contributed by atoms with Crippen LogP contribution < -0.4 is 5.32 Å². The fourth-order valence-corrected chi connectivity index (χ4v) is 4.31. The van der Waals surface area contributed by atoms with E-state index in [1.165, 1.54) is 51.5 Å². The summed E-state index contributed by atoms with van der Waals surface area (Å²) in [5, 5.41) is 8.35. The van der Waals surface area contributed by atoms with Crippen LogP contribution in [0.3, 0.4) is 0 Å². The molecule has 19 heavy (non-hydrogen) atoms. The summed E-state index contributed by atoms with van der Waals surface area (Å²) in [6.07, 6.45) is 9.91. The van der Waals surface area contributed by atoms with E-state index in [0.29, 0.717) is 0 Å². The van der Waals surface area contributed by atoms with Crippen molar-refractivity contribution in [2.45, 2.75) is 57.9 Å². The van der Waals surface area contributed by atoms with Crippen LogP contribution in [0.5, 0.6) is 0 Å². The lowest BCUT2D eigenvalue weighted by molar-refractivity contribution is 0.171. The fourth-order valence-electron chi connectivity index (χ4n) is 3.63. The quantitative estimate of drug-likeness (QED) is 0.808. The average Bonchev–Trinajstić information content (AvgIpc) is 3.13. The second kappa shape index (κ2) is 6.41. The van der Waals surface area contributed by atoms with Gasteiger partial charge in [-0.2, -0.15) is 11.3 Å². The third-order valence-corrected chi connectivity index (χ3v) is 5.88. The molecule has 3 unspecified atom stereocenters. The topological polar surface area (TPSA) is 12.0 Å². The zero-order chi connectivity index (χ0) is 13.1. The van der Waals surface area contributed by atoms with Crippen LogP contribution in [0.4, 0.5) is 0 Å². The first kappa shape index (κ1) is 13.6.